The predicted octanol–water partition coefficient (Wildman–Crippen LogP) is 0.0375. The Morgan fingerprint density at radius 2 is 2.09 bits per heavy atom. The highest BCUT2D eigenvalue weighted by Gasteiger charge is 2.40. The van der Waals surface area contributed by atoms with Crippen LogP contribution in [0.1, 0.15) is 25.7 Å². The van der Waals surface area contributed by atoms with Gasteiger partial charge in [-0.3, -0.25) is 0 Å². The summed E-state index contributed by atoms with van der Waals surface area (Å²) < 4.78 is 11.3. The molecule has 0 aromatic carbocycles. The van der Waals surface area contributed by atoms with Gasteiger partial charge in [0, 0.05) is 23.5 Å². The summed E-state index contributed by atoms with van der Waals surface area (Å²) in [5, 5.41) is 0.191. The highest BCUT2D eigenvalue weighted by molar-refractivity contribution is 6.15. The summed E-state index contributed by atoms with van der Waals surface area (Å²) in [6.07, 6.45) is 5.50. The van der Waals surface area contributed by atoms with Crippen LogP contribution in [0.5, 0.6) is 0 Å². The molecule has 64 valence electrons. The van der Waals surface area contributed by atoms with E-state index >= 15 is 0 Å². The molecule has 2 fully saturated rings. The highest BCUT2D eigenvalue weighted by atomic mass is 28.1. The first-order valence-corrected chi connectivity index (χ1v) is 5.57. The molecule has 2 unspecified atom stereocenters. The summed E-state index contributed by atoms with van der Waals surface area (Å²) in [7, 11) is 1.13. The van der Waals surface area contributed by atoms with E-state index in [1.807, 2.05) is 0 Å². The summed E-state index contributed by atoms with van der Waals surface area (Å²) in [5.74, 6) is 0. The van der Waals surface area contributed by atoms with Gasteiger partial charge in [-0.1, -0.05) is 0 Å². The molecule has 0 N–H and O–H groups in total. The van der Waals surface area contributed by atoms with Crippen LogP contribution in [0.4, 0.5) is 0 Å². The van der Waals surface area contributed by atoms with Crippen LogP contribution in [-0.4, -0.2) is 34.8 Å². The van der Waals surface area contributed by atoms with Gasteiger partial charge in [-0.2, -0.15) is 0 Å². The SMILES string of the molecule is [SiH3]C1(C2CCO2)CCCCO1. The third kappa shape index (κ3) is 1.37. The molecule has 2 nitrogen and oxygen atoms in total. The van der Waals surface area contributed by atoms with Crippen LogP contribution in [0.2, 0.25) is 0 Å². The number of ether oxygens (including phenoxy) is 2. The molecule has 0 spiro atoms. The Morgan fingerprint density at radius 1 is 1.27 bits per heavy atom. The fourth-order valence-corrected chi connectivity index (χ4v) is 2.94. The Balaban J connectivity index is 1.94. The second-order valence-corrected chi connectivity index (χ2v) is 5.46. The lowest BCUT2D eigenvalue weighted by Crippen LogP contribution is -2.53. The van der Waals surface area contributed by atoms with Gasteiger partial charge in [0.25, 0.3) is 0 Å². The van der Waals surface area contributed by atoms with Crippen molar-refractivity contribution in [3.8, 4) is 0 Å². The van der Waals surface area contributed by atoms with Gasteiger partial charge in [-0.15, -0.1) is 0 Å². The number of hydrogen-bond acceptors (Lipinski definition) is 2. The topological polar surface area (TPSA) is 18.5 Å². The van der Waals surface area contributed by atoms with Gasteiger partial charge in [0.1, 0.15) is 0 Å². The van der Waals surface area contributed by atoms with Crippen molar-refractivity contribution in [2.24, 2.45) is 0 Å². The standard InChI is InChI=1S/C8H16O2Si/c11-8(7-3-6-9-7)4-1-2-5-10-8/h7H,1-6H2,11H3. The predicted molar refractivity (Wildman–Crippen MR) is 46.8 cm³/mol. The van der Waals surface area contributed by atoms with Crippen molar-refractivity contribution >= 4 is 10.2 Å². The van der Waals surface area contributed by atoms with Crippen LogP contribution in [0, 0.1) is 0 Å². The zero-order valence-corrected chi connectivity index (χ0v) is 9.14. The van der Waals surface area contributed by atoms with E-state index in [4.69, 9.17) is 9.47 Å². The van der Waals surface area contributed by atoms with Crippen LogP contribution < -0.4 is 0 Å². The monoisotopic (exact) mass is 172 g/mol. The molecule has 0 radical (unpaired) electrons. The second kappa shape index (κ2) is 2.88. The first-order chi connectivity index (χ1) is 5.31. The molecule has 0 aliphatic carbocycles. The molecule has 2 aliphatic rings. The molecule has 2 heterocycles. The lowest BCUT2D eigenvalue weighted by Gasteiger charge is -2.44. The number of rotatable bonds is 1. The summed E-state index contributed by atoms with van der Waals surface area (Å²) in [5.41, 5.74) is 0. The Labute approximate surface area is 70.7 Å². The maximum Gasteiger partial charge on any atom is 0.0846 e. The first-order valence-electron chi connectivity index (χ1n) is 4.57. The number of hydrogen-bond donors (Lipinski definition) is 0. The van der Waals surface area contributed by atoms with Crippen molar-refractivity contribution in [1.82, 2.24) is 0 Å². The molecule has 2 rings (SSSR count). The molecule has 0 aromatic rings. The van der Waals surface area contributed by atoms with E-state index in [1.165, 1.54) is 25.7 Å². The Hall–Kier alpha value is 0.137. The molecule has 2 aliphatic heterocycles. The summed E-state index contributed by atoms with van der Waals surface area (Å²) in [6.45, 7) is 1.92. The van der Waals surface area contributed by atoms with Crippen molar-refractivity contribution in [2.45, 2.75) is 37.0 Å². The van der Waals surface area contributed by atoms with Gasteiger partial charge in [0.15, 0.2) is 0 Å². The van der Waals surface area contributed by atoms with E-state index in [-0.39, 0.29) is 5.22 Å². The van der Waals surface area contributed by atoms with E-state index < -0.39 is 0 Å². The minimum Gasteiger partial charge on any atom is -0.377 e. The fourth-order valence-electron chi connectivity index (χ4n) is 1.93. The maximum absolute atomic E-state index is 5.81. The largest absolute Gasteiger partial charge is 0.377 e. The van der Waals surface area contributed by atoms with Crippen LogP contribution >= 0.6 is 0 Å². The summed E-state index contributed by atoms with van der Waals surface area (Å²) in [6, 6.07) is 0. The normalized spacial score (nSPS) is 45.3. The Kier molecular flexibility index (Phi) is 2.04. The molecule has 3 heteroatoms. The maximum atomic E-state index is 5.81. The smallest absolute Gasteiger partial charge is 0.0846 e. The van der Waals surface area contributed by atoms with Crippen molar-refractivity contribution < 1.29 is 9.47 Å². The molecule has 0 saturated carbocycles. The molecule has 0 bridgehead atoms. The molecule has 2 saturated heterocycles. The average Bonchev–Trinajstić information content (AvgIpc) is 1.83. The van der Waals surface area contributed by atoms with E-state index in [9.17, 15) is 0 Å². The van der Waals surface area contributed by atoms with Gasteiger partial charge in [0.05, 0.1) is 11.3 Å². The lowest BCUT2D eigenvalue weighted by molar-refractivity contribution is -0.171. The summed E-state index contributed by atoms with van der Waals surface area (Å²) in [4.78, 5) is 0. The van der Waals surface area contributed by atoms with Crippen molar-refractivity contribution in [3.63, 3.8) is 0 Å². The van der Waals surface area contributed by atoms with E-state index in [0.29, 0.717) is 6.10 Å². The van der Waals surface area contributed by atoms with E-state index in [2.05, 4.69) is 0 Å². The molecule has 0 amide bonds. The third-order valence-electron chi connectivity index (χ3n) is 2.88. The van der Waals surface area contributed by atoms with Crippen molar-refractivity contribution in [3.05, 3.63) is 0 Å². The third-order valence-corrected chi connectivity index (χ3v) is 4.31. The van der Waals surface area contributed by atoms with Crippen LogP contribution in [0.25, 0.3) is 0 Å². The van der Waals surface area contributed by atoms with Crippen LogP contribution in [-0.2, 0) is 9.47 Å². The van der Waals surface area contributed by atoms with E-state index in [1.54, 1.807) is 0 Å². The van der Waals surface area contributed by atoms with Crippen LogP contribution in [0.3, 0.4) is 0 Å². The van der Waals surface area contributed by atoms with Gasteiger partial charge in [0.2, 0.25) is 0 Å². The zero-order chi connectivity index (χ0) is 7.73. The molecule has 0 aromatic heterocycles. The van der Waals surface area contributed by atoms with Crippen molar-refractivity contribution in [1.29, 1.82) is 0 Å². The van der Waals surface area contributed by atoms with E-state index in [0.717, 1.165) is 23.5 Å². The Bertz CT molecular complexity index is 139. The first kappa shape index (κ1) is 7.77. The Morgan fingerprint density at radius 3 is 2.55 bits per heavy atom. The fraction of sp³-hybridized carbons (Fsp3) is 1.00. The molecular formula is C8H16O2Si. The second-order valence-electron chi connectivity index (χ2n) is 3.77. The van der Waals surface area contributed by atoms with Crippen LogP contribution in [0.15, 0.2) is 0 Å². The molecular weight excluding hydrogens is 156 g/mol. The van der Waals surface area contributed by atoms with Crippen molar-refractivity contribution in [2.75, 3.05) is 13.2 Å². The van der Waals surface area contributed by atoms with Gasteiger partial charge in [-0.05, 0) is 25.7 Å². The van der Waals surface area contributed by atoms with Gasteiger partial charge < -0.3 is 9.47 Å². The van der Waals surface area contributed by atoms with Gasteiger partial charge >= 0.3 is 0 Å². The molecule has 2 atom stereocenters. The van der Waals surface area contributed by atoms with Gasteiger partial charge in [-0.25, -0.2) is 0 Å². The minimum absolute atomic E-state index is 0.191. The summed E-state index contributed by atoms with van der Waals surface area (Å²) >= 11 is 0. The average molecular weight is 172 g/mol. The minimum atomic E-state index is 0.191. The lowest BCUT2D eigenvalue weighted by atomic mass is 9.98. The zero-order valence-electron chi connectivity index (χ0n) is 7.14. The molecule has 11 heavy (non-hydrogen) atoms. The quantitative estimate of drug-likeness (QED) is 0.520. The highest BCUT2D eigenvalue weighted by Crippen LogP contribution is 2.32.